The van der Waals surface area contributed by atoms with Crippen molar-refractivity contribution in [3.8, 4) is 11.4 Å². The standard InChI is InChI=1S/C18H18FN5O/c1-22-8-10-23(11-9-22)18(25)14-6-7-24-16(12-14)20-21-17(24)13-2-4-15(19)5-3-13/h2-7,12H,8-11H2,1H3. The number of nitrogens with zero attached hydrogens (tertiary/aromatic N) is 5. The number of aromatic nitrogens is 3. The van der Waals surface area contributed by atoms with Crippen LogP contribution in [0.4, 0.5) is 4.39 Å². The van der Waals surface area contributed by atoms with E-state index in [1.165, 1.54) is 12.1 Å². The zero-order chi connectivity index (χ0) is 17.4. The zero-order valence-corrected chi connectivity index (χ0v) is 13.9. The fraction of sp³-hybridized carbons (Fsp3) is 0.278. The number of carbonyl (C=O) groups excluding carboxylic acids is 1. The maximum atomic E-state index is 13.1. The summed E-state index contributed by atoms with van der Waals surface area (Å²) in [7, 11) is 2.06. The molecule has 0 aliphatic carbocycles. The highest BCUT2D eigenvalue weighted by atomic mass is 19.1. The minimum absolute atomic E-state index is 0.0157. The predicted molar refractivity (Wildman–Crippen MR) is 91.8 cm³/mol. The second-order valence-corrected chi connectivity index (χ2v) is 6.27. The average Bonchev–Trinajstić information content (AvgIpc) is 3.05. The van der Waals surface area contributed by atoms with E-state index in [0.717, 1.165) is 31.7 Å². The molecule has 0 unspecified atom stereocenters. The smallest absolute Gasteiger partial charge is 0.254 e. The van der Waals surface area contributed by atoms with E-state index in [9.17, 15) is 9.18 Å². The van der Waals surface area contributed by atoms with Gasteiger partial charge in [-0.2, -0.15) is 0 Å². The molecule has 128 valence electrons. The van der Waals surface area contributed by atoms with Gasteiger partial charge in [0.2, 0.25) is 0 Å². The van der Waals surface area contributed by atoms with Gasteiger partial charge in [0.05, 0.1) is 0 Å². The second kappa shape index (κ2) is 6.25. The summed E-state index contributed by atoms with van der Waals surface area (Å²) >= 11 is 0. The molecule has 1 fully saturated rings. The molecular weight excluding hydrogens is 321 g/mol. The van der Waals surface area contributed by atoms with Gasteiger partial charge < -0.3 is 9.80 Å². The molecule has 1 aromatic carbocycles. The van der Waals surface area contributed by atoms with E-state index in [1.54, 1.807) is 34.9 Å². The quantitative estimate of drug-likeness (QED) is 0.716. The van der Waals surface area contributed by atoms with Gasteiger partial charge in [0, 0.05) is 43.5 Å². The minimum Gasteiger partial charge on any atom is -0.336 e. The molecule has 3 heterocycles. The lowest BCUT2D eigenvalue weighted by molar-refractivity contribution is 0.0664. The summed E-state index contributed by atoms with van der Waals surface area (Å²) < 4.78 is 14.9. The number of hydrogen-bond donors (Lipinski definition) is 0. The van der Waals surface area contributed by atoms with Gasteiger partial charge in [0.15, 0.2) is 11.5 Å². The Morgan fingerprint density at radius 1 is 1.04 bits per heavy atom. The van der Waals surface area contributed by atoms with E-state index in [2.05, 4.69) is 22.1 Å². The van der Waals surface area contributed by atoms with Crippen LogP contribution < -0.4 is 0 Å². The van der Waals surface area contributed by atoms with Crippen molar-refractivity contribution in [1.29, 1.82) is 0 Å². The van der Waals surface area contributed by atoms with Gasteiger partial charge in [0.1, 0.15) is 5.82 Å². The lowest BCUT2D eigenvalue weighted by atomic mass is 10.2. The molecule has 0 atom stereocenters. The molecule has 0 saturated carbocycles. The van der Waals surface area contributed by atoms with Crippen molar-refractivity contribution in [1.82, 2.24) is 24.4 Å². The van der Waals surface area contributed by atoms with Crippen molar-refractivity contribution in [2.75, 3.05) is 33.2 Å². The van der Waals surface area contributed by atoms with Crippen molar-refractivity contribution in [3.05, 3.63) is 54.0 Å². The van der Waals surface area contributed by atoms with Gasteiger partial charge in [-0.3, -0.25) is 9.20 Å². The third kappa shape index (κ3) is 2.98. The van der Waals surface area contributed by atoms with Crippen LogP contribution in [0.2, 0.25) is 0 Å². The Morgan fingerprint density at radius 2 is 1.76 bits per heavy atom. The topological polar surface area (TPSA) is 53.7 Å². The number of fused-ring (bicyclic) bond motifs is 1. The molecule has 0 bridgehead atoms. The minimum atomic E-state index is -0.294. The lowest BCUT2D eigenvalue weighted by Crippen LogP contribution is -2.47. The van der Waals surface area contributed by atoms with Crippen molar-refractivity contribution >= 4 is 11.6 Å². The molecule has 1 amide bonds. The highest BCUT2D eigenvalue weighted by Gasteiger charge is 2.21. The maximum Gasteiger partial charge on any atom is 0.254 e. The first-order chi connectivity index (χ1) is 12.1. The van der Waals surface area contributed by atoms with Crippen LogP contribution in [-0.4, -0.2) is 63.5 Å². The summed E-state index contributed by atoms with van der Waals surface area (Å²) in [6, 6.07) is 9.64. The van der Waals surface area contributed by atoms with E-state index in [1.807, 2.05) is 4.90 Å². The number of carbonyl (C=O) groups is 1. The molecule has 1 aliphatic rings. The van der Waals surface area contributed by atoms with Crippen molar-refractivity contribution < 1.29 is 9.18 Å². The Bertz CT molecular complexity index is 913. The number of pyridine rings is 1. The molecule has 0 radical (unpaired) electrons. The summed E-state index contributed by atoms with van der Waals surface area (Å²) in [5.74, 6) is 0.341. The van der Waals surface area contributed by atoms with Crippen LogP contribution >= 0.6 is 0 Å². The number of piperazine rings is 1. The molecule has 1 saturated heterocycles. The highest BCUT2D eigenvalue weighted by Crippen LogP contribution is 2.20. The first-order valence-electron chi connectivity index (χ1n) is 8.20. The Morgan fingerprint density at radius 3 is 2.48 bits per heavy atom. The number of halogens is 1. The largest absolute Gasteiger partial charge is 0.336 e. The van der Waals surface area contributed by atoms with E-state index in [4.69, 9.17) is 0 Å². The van der Waals surface area contributed by atoms with Crippen LogP contribution in [0.5, 0.6) is 0 Å². The van der Waals surface area contributed by atoms with Crippen molar-refractivity contribution in [2.24, 2.45) is 0 Å². The Kier molecular flexibility index (Phi) is 3.93. The third-order valence-corrected chi connectivity index (χ3v) is 4.55. The van der Waals surface area contributed by atoms with Gasteiger partial charge in [-0.25, -0.2) is 4.39 Å². The molecular formula is C18H18FN5O. The molecule has 3 aromatic rings. The van der Waals surface area contributed by atoms with E-state index in [-0.39, 0.29) is 11.7 Å². The lowest BCUT2D eigenvalue weighted by Gasteiger charge is -2.32. The Hall–Kier alpha value is -2.80. The average molecular weight is 339 g/mol. The van der Waals surface area contributed by atoms with Crippen LogP contribution in [0.1, 0.15) is 10.4 Å². The van der Waals surface area contributed by atoms with Gasteiger partial charge in [-0.15, -0.1) is 10.2 Å². The fourth-order valence-electron chi connectivity index (χ4n) is 3.01. The first-order valence-corrected chi connectivity index (χ1v) is 8.20. The molecule has 2 aromatic heterocycles. The fourth-order valence-corrected chi connectivity index (χ4v) is 3.01. The van der Waals surface area contributed by atoms with Crippen LogP contribution in [0.15, 0.2) is 42.6 Å². The SMILES string of the molecule is CN1CCN(C(=O)c2ccn3c(-c4ccc(F)cc4)nnc3c2)CC1. The monoisotopic (exact) mass is 339 g/mol. The second-order valence-electron chi connectivity index (χ2n) is 6.27. The van der Waals surface area contributed by atoms with Crippen LogP contribution in [0.25, 0.3) is 17.0 Å². The Labute approximate surface area is 144 Å². The van der Waals surface area contributed by atoms with Crippen LogP contribution in [0, 0.1) is 5.82 Å². The predicted octanol–water partition coefficient (Wildman–Crippen LogP) is 1.92. The number of amides is 1. The number of benzene rings is 1. The number of likely N-dealkylation sites (N-methyl/N-ethyl adjacent to an activating group) is 1. The summed E-state index contributed by atoms with van der Waals surface area (Å²) in [5, 5.41) is 8.34. The van der Waals surface area contributed by atoms with E-state index < -0.39 is 0 Å². The molecule has 0 spiro atoms. The van der Waals surface area contributed by atoms with Gasteiger partial charge in [0.25, 0.3) is 5.91 Å². The van der Waals surface area contributed by atoms with Gasteiger partial charge >= 0.3 is 0 Å². The van der Waals surface area contributed by atoms with Gasteiger partial charge in [-0.05, 0) is 43.4 Å². The zero-order valence-electron chi connectivity index (χ0n) is 13.9. The van der Waals surface area contributed by atoms with Gasteiger partial charge in [-0.1, -0.05) is 0 Å². The normalized spacial score (nSPS) is 15.7. The summed E-state index contributed by atoms with van der Waals surface area (Å²) in [5.41, 5.74) is 1.97. The van der Waals surface area contributed by atoms with Crippen molar-refractivity contribution in [3.63, 3.8) is 0 Å². The first kappa shape index (κ1) is 15.7. The highest BCUT2D eigenvalue weighted by molar-refractivity contribution is 5.95. The van der Waals surface area contributed by atoms with E-state index >= 15 is 0 Å². The Balaban J connectivity index is 1.63. The van der Waals surface area contributed by atoms with Crippen LogP contribution in [-0.2, 0) is 0 Å². The maximum absolute atomic E-state index is 13.1. The number of hydrogen-bond acceptors (Lipinski definition) is 4. The summed E-state index contributed by atoms with van der Waals surface area (Å²) in [6.07, 6.45) is 1.79. The molecule has 25 heavy (non-hydrogen) atoms. The number of rotatable bonds is 2. The molecule has 0 N–H and O–H groups in total. The van der Waals surface area contributed by atoms with Crippen molar-refractivity contribution in [2.45, 2.75) is 0 Å². The summed E-state index contributed by atoms with van der Waals surface area (Å²) in [6.45, 7) is 3.23. The molecule has 4 rings (SSSR count). The molecule has 7 heteroatoms. The molecule has 1 aliphatic heterocycles. The van der Waals surface area contributed by atoms with Crippen LogP contribution in [0.3, 0.4) is 0 Å². The summed E-state index contributed by atoms with van der Waals surface area (Å²) in [4.78, 5) is 16.7. The van der Waals surface area contributed by atoms with E-state index in [0.29, 0.717) is 17.0 Å². The molecule has 6 nitrogen and oxygen atoms in total. The third-order valence-electron chi connectivity index (χ3n) is 4.55.